The maximum Gasteiger partial charge on any atom is 0.243 e. The van der Waals surface area contributed by atoms with Gasteiger partial charge in [0.1, 0.15) is 0 Å². The highest BCUT2D eigenvalue weighted by Gasteiger charge is 2.31. The van der Waals surface area contributed by atoms with Gasteiger partial charge in [-0.2, -0.15) is 4.31 Å². The average Bonchev–Trinajstić information content (AvgIpc) is 2.83. The van der Waals surface area contributed by atoms with Crippen molar-refractivity contribution in [2.45, 2.75) is 24.3 Å². The molecule has 3 aromatic rings. The van der Waals surface area contributed by atoms with E-state index in [2.05, 4.69) is 23.5 Å². The summed E-state index contributed by atoms with van der Waals surface area (Å²) in [6.07, 6.45) is 0. The number of carbonyl (C=O) groups excluding carboxylic acids is 2. The third-order valence-corrected chi connectivity index (χ3v) is 7.81. The van der Waals surface area contributed by atoms with Crippen molar-refractivity contribution in [3.05, 3.63) is 95.6 Å². The van der Waals surface area contributed by atoms with Crippen LogP contribution in [0, 0.1) is 0 Å². The fourth-order valence-corrected chi connectivity index (χ4v) is 5.36. The minimum atomic E-state index is -3.87. The van der Waals surface area contributed by atoms with Gasteiger partial charge in [0.2, 0.25) is 21.8 Å². The molecule has 0 saturated heterocycles. The molecule has 176 valence electrons. The van der Waals surface area contributed by atoms with Gasteiger partial charge in [0.15, 0.2) is 0 Å². The van der Waals surface area contributed by atoms with Gasteiger partial charge < -0.3 is 10.2 Å². The molecule has 0 aromatic heterocycles. The van der Waals surface area contributed by atoms with E-state index in [0.29, 0.717) is 18.8 Å². The van der Waals surface area contributed by atoms with Crippen molar-refractivity contribution < 1.29 is 18.0 Å². The molecule has 0 spiro atoms. The quantitative estimate of drug-likeness (QED) is 0.589. The lowest BCUT2D eigenvalue weighted by Crippen LogP contribution is -2.44. The molecule has 0 radical (unpaired) electrons. The van der Waals surface area contributed by atoms with E-state index in [1.54, 1.807) is 4.90 Å². The van der Waals surface area contributed by atoms with Crippen LogP contribution in [0.4, 0.5) is 5.69 Å². The number of nitrogens with one attached hydrogen (secondary N) is 1. The van der Waals surface area contributed by atoms with Crippen molar-refractivity contribution >= 4 is 27.5 Å². The van der Waals surface area contributed by atoms with Crippen LogP contribution in [0.2, 0.25) is 0 Å². The Bertz CT molecular complexity index is 1290. The van der Waals surface area contributed by atoms with Crippen LogP contribution in [0.25, 0.3) is 0 Å². The molecule has 0 saturated carbocycles. The minimum Gasteiger partial charge on any atom is -0.336 e. The first-order valence-corrected chi connectivity index (χ1v) is 12.4. The van der Waals surface area contributed by atoms with E-state index in [1.165, 1.54) is 43.8 Å². The van der Waals surface area contributed by atoms with Gasteiger partial charge in [0, 0.05) is 38.7 Å². The van der Waals surface area contributed by atoms with Gasteiger partial charge in [-0.25, -0.2) is 8.42 Å². The maximum absolute atomic E-state index is 13.2. The number of fused-ring (bicyclic) bond motifs is 1. The molecule has 8 heteroatoms. The molecule has 7 nitrogen and oxygen atoms in total. The monoisotopic (exact) mass is 477 g/mol. The van der Waals surface area contributed by atoms with E-state index >= 15 is 0 Å². The molecule has 34 heavy (non-hydrogen) atoms. The Balaban J connectivity index is 1.51. The van der Waals surface area contributed by atoms with Crippen LogP contribution in [-0.2, 0) is 26.2 Å². The second kappa shape index (κ2) is 9.79. The fraction of sp³-hybridized carbons (Fsp3) is 0.231. The van der Waals surface area contributed by atoms with Crippen LogP contribution < -0.4 is 5.32 Å². The number of amides is 2. The van der Waals surface area contributed by atoms with Gasteiger partial charge in [-0.3, -0.25) is 9.59 Å². The largest absolute Gasteiger partial charge is 0.336 e. The highest BCUT2D eigenvalue weighted by atomic mass is 32.2. The van der Waals surface area contributed by atoms with Crippen molar-refractivity contribution in [1.82, 2.24) is 9.21 Å². The summed E-state index contributed by atoms with van der Waals surface area (Å²) >= 11 is 0. The molecule has 4 rings (SSSR count). The summed E-state index contributed by atoms with van der Waals surface area (Å²) in [5, 5.41) is 2.61. The first kappa shape index (κ1) is 23.7. The molecular weight excluding hydrogens is 450 g/mol. The Hall–Kier alpha value is -3.49. The summed E-state index contributed by atoms with van der Waals surface area (Å²) in [5.74, 6) is -0.468. The van der Waals surface area contributed by atoms with Crippen molar-refractivity contribution in [1.29, 1.82) is 0 Å². The van der Waals surface area contributed by atoms with Crippen LogP contribution >= 0.6 is 0 Å². The van der Waals surface area contributed by atoms with Crippen LogP contribution in [0.15, 0.2) is 83.8 Å². The third-order valence-electron chi connectivity index (χ3n) is 5.99. The smallest absolute Gasteiger partial charge is 0.243 e. The number of likely N-dealkylation sites (N-methyl/N-ethyl adjacent to an activating group) is 1. The molecule has 0 fully saturated rings. The Labute approximate surface area is 200 Å². The van der Waals surface area contributed by atoms with E-state index in [1.807, 2.05) is 36.4 Å². The van der Waals surface area contributed by atoms with E-state index in [-0.39, 0.29) is 29.2 Å². The number of rotatable bonds is 6. The van der Waals surface area contributed by atoms with Crippen LogP contribution in [-0.4, -0.2) is 49.6 Å². The molecule has 0 aliphatic carbocycles. The zero-order valence-electron chi connectivity index (χ0n) is 19.1. The number of carbonyl (C=O) groups is 2. The number of anilines is 1. The predicted octanol–water partition coefficient (Wildman–Crippen LogP) is 3.44. The summed E-state index contributed by atoms with van der Waals surface area (Å²) in [7, 11) is -2.47. The lowest BCUT2D eigenvalue weighted by atomic mass is 9.84. The zero-order valence-corrected chi connectivity index (χ0v) is 20.0. The van der Waals surface area contributed by atoms with Gasteiger partial charge in [-0.1, -0.05) is 54.6 Å². The first-order chi connectivity index (χ1) is 16.3. The number of sulfonamides is 1. The van der Waals surface area contributed by atoms with Crippen molar-refractivity contribution in [2.75, 3.05) is 25.5 Å². The lowest BCUT2D eigenvalue weighted by molar-refractivity contribution is -0.132. The molecule has 1 atom stereocenters. The zero-order chi connectivity index (χ0) is 24.3. The standard InChI is InChI=1S/C26H27N3O4S/c1-19(30)27-22-12-14-23(15-13-22)34(32,33)28(2)18-26(31)29-16-21-10-6-7-11-24(21)25(17-29)20-8-4-3-5-9-20/h3-15,25H,16-18H2,1-2H3,(H,27,30). The number of nitrogens with zero attached hydrogens (tertiary/aromatic N) is 2. The molecule has 3 aromatic carbocycles. The van der Waals surface area contributed by atoms with Crippen molar-refractivity contribution in [3.63, 3.8) is 0 Å². The molecular formula is C26H27N3O4S. The summed E-state index contributed by atoms with van der Waals surface area (Å²) in [4.78, 5) is 26.2. The summed E-state index contributed by atoms with van der Waals surface area (Å²) in [6, 6.07) is 24.0. The van der Waals surface area contributed by atoms with Crippen LogP contribution in [0.1, 0.15) is 29.5 Å². The highest BCUT2D eigenvalue weighted by molar-refractivity contribution is 7.89. The topological polar surface area (TPSA) is 86.8 Å². The van der Waals surface area contributed by atoms with Gasteiger partial charge in [-0.05, 0) is 41.0 Å². The average molecular weight is 478 g/mol. The maximum atomic E-state index is 13.2. The Kier molecular flexibility index (Phi) is 6.81. The van der Waals surface area contributed by atoms with E-state index in [4.69, 9.17) is 0 Å². The van der Waals surface area contributed by atoms with Crippen molar-refractivity contribution in [2.24, 2.45) is 0 Å². The number of hydrogen-bond donors (Lipinski definition) is 1. The Morgan fingerprint density at radius 1 is 0.971 bits per heavy atom. The molecule has 1 aliphatic heterocycles. The molecule has 2 amide bonds. The van der Waals surface area contributed by atoms with Crippen molar-refractivity contribution in [3.8, 4) is 0 Å². The predicted molar refractivity (Wildman–Crippen MR) is 131 cm³/mol. The number of benzene rings is 3. The van der Waals surface area contributed by atoms with E-state index < -0.39 is 10.0 Å². The van der Waals surface area contributed by atoms with Gasteiger partial charge in [0.25, 0.3) is 0 Å². The van der Waals surface area contributed by atoms with Gasteiger partial charge in [0.05, 0.1) is 11.4 Å². The fourth-order valence-electron chi connectivity index (χ4n) is 4.24. The van der Waals surface area contributed by atoms with Gasteiger partial charge >= 0.3 is 0 Å². The van der Waals surface area contributed by atoms with E-state index in [0.717, 1.165) is 15.4 Å². The molecule has 1 N–H and O–H groups in total. The Morgan fingerprint density at radius 3 is 2.29 bits per heavy atom. The normalized spacial score (nSPS) is 15.6. The third kappa shape index (κ3) is 5.03. The second-order valence-corrected chi connectivity index (χ2v) is 10.4. The summed E-state index contributed by atoms with van der Waals surface area (Å²) in [6.45, 7) is 2.04. The summed E-state index contributed by atoms with van der Waals surface area (Å²) < 4.78 is 27.1. The van der Waals surface area contributed by atoms with Crippen LogP contribution in [0.5, 0.6) is 0 Å². The SMILES string of the molecule is CC(=O)Nc1ccc(S(=O)(=O)N(C)CC(=O)N2Cc3ccccc3C(c3ccccc3)C2)cc1. The first-order valence-electron chi connectivity index (χ1n) is 11.0. The highest BCUT2D eigenvalue weighted by Crippen LogP contribution is 2.33. The molecule has 1 heterocycles. The lowest BCUT2D eigenvalue weighted by Gasteiger charge is -2.35. The van der Waals surface area contributed by atoms with E-state index in [9.17, 15) is 18.0 Å². The molecule has 1 unspecified atom stereocenters. The Morgan fingerprint density at radius 2 is 1.62 bits per heavy atom. The number of hydrogen-bond acceptors (Lipinski definition) is 4. The summed E-state index contributed by atoms with van der Waals surface area (Å²) in [5.41, 5.74) is 3.88. The van der Waals surface area contributed by atoms with Crippen LogP contribution in [0.3, 0.4) is 0 Å². The van der Waals surface area contributed by atoms with Gasteiger partial charge in [-0.15, -0.1) is 0 Å². The molecule has 1 aliphatic rings. The second-order valence-electron chi connectivity index (χ2n) is 8.40. The minimum absolute atomic E-state index is 0.0262. The molecule has 0 bridgehead atoms.